The molecule has 0 spiro atoms. The van der Waals surface area contributed by atoms with Crippen molar-refractivity contribution in [2.24, 2.45) is 0 Å². The van der Waals surface area contributed by atoms with Gasteiger partial charge in [0.1, 0.15) is 15.9 Å². The Morgan fingerprint density at radius 3 is 2.58 bits per heavy atom. The molecule has 1 rings (SSSR count). The highest BCUT2D eigenvalue weighted by atomic mass is 79.9. The summed E-state index contributed by atoms with van der Waals surface area (Å²) in [5.74, 6) is -1.14. The van der Waals surface area contributed by atoms with Crippen molar-refractivity contribution in [3.05, 3.63) is 26.4 Å². The molecule has 1 N–H and O–H groups in total. The zero-order chi connectivity index (χ0) is 9.30. The van der Waals surface area contributed by atoms with Crippen molar-refractivity contribution >= 4 is 45.1 Å². The maximum Gasteiger partial charge on any atom is 0.340 e. The van der Waals surface area contributed by atoms with Crippen molar-refractivity contribution in [3.8, 4) is 0 Å². The molecular formula is C6H2BrCl2NO2. The lowest BCUT2D eigenvalue weighted by molar-refractivity contribution is 0.0695. The summed E-state index contributed by atoms with van der Waals surface area (Å²) in [6, 6.07) is 1.37. The van der Waals surface area contributed by atoms with Gasteiger partial charge in [-0.3, -0.25) is 0 Å². The van der Waals surface area contributed by atoms with Crippen molar-refractivity contribution in [3.63, 3.8) is 0 Å². The average molecular weight is 271 g/mol. The lowest BCUT2D eigenvalue weighted by atomic mass is 10.3. The lowest BCUT2D eigenvalue weighted by Gasteiger charge is -2.00. The highest BCUT2D eigenvalue weighted by Crippen LogP contribution is 2.25. The smallest absolute Gasteiger partial charge is 0.340 e. The molecule has 0 atom stereocenters. The van der Waals surface area contributed by atoms with Crippen LogP contribution in [0.15, 0.2) is 10.5 Å². The molecule has 1 aromatic rings. The van der Waals surface area contributed by atoms with Gasteiger partial charge in [-0.05, 0) is 22.0 Å². The number of hydrogen-bond donors (Lipinski definition) is 1. The molecule has 0 amide bonds. The monoisotopic (exact) mass is 269 g/mol. The van der Waals surface area contributed by atoms with Gasteiger partial charge in [0, 0.05) is 4.47 Å². The van der Waals surface area contributed by atoms with Gasteiger partial charge in [-0.2, -0.15) is 0 Å². The molecule has 3 nitrogen and oxygen atoms in total. The third kappa shape index (κ3) is 1.88. The van der Waals surface area contributed by atoms with Crippen LogP contribution >= 0.6 is 39.1 Å². The summed E-state index contributed by atoms with van der Waals surface area (Å²) < 4.78 is 0.319. The van der Waals surface area contributed by atoms with Crippen molar-refractivity contribution in [1.82, 2.24) is 4.98 Å². The van der Waals surface area contributed by atoms with Crippen LogP contribution in [0.1, 0.15) is 10.4 Å². The number of pyridine rings is 1. The summed E-state index contributed by atoms with van der Waals surface area (Å²) in [6.07, 6.45) is 0. The van der Waals surface area contributed by atoms with Gasteiger partial charge in [-0.25, -0.2) is 9.78 Å². The van der Waals surface area contributed by atoms with Crippen LogP contribution in [-0.4, -0.2) is 16.1 Å². The van der Waals surface area contributed by atoms with E-state index in [1.165, 1.54) is 6.07 Å². The fourth-order valence-corrected chi connectivity index (χ4v) is 1.98. The van der Waals surface area contributed by atoms with E-state index in [1.54, 1.807) is 0 Å². The van der Waals surface area contributed by atoms with Gasteiger partial charge in [0.2, 0.25) is 0 Å². The van der Waals surface area contributed by atoms with Gasteiger partial charge >= 0.3 is 5.97 Å². The minimum absolute atomic E-state index is 0.0823. The van der Waals surface area contributed by atoms with E-state index in [-0.39, 0.29) is 15.9 Å². The second kappa shape index (κ2) is 3.60. The van der Waals surface area contributed by atoms with E-state index in [0.717, 1.165) is 0 Å². The van der Waals surface area contributed by atoms with E-state index < -0.39 is 5.97 Å². The van der Waals surface area contributed by atoms with Gasteiger partial charge in [0.05, 0.1) is 0 Å². The Morgan fingerprint density at radius 2 is 2.17 bits per heavy atom. The Kier molecular flexibility index (Phi) is 2.93. The summed E-state index contributed by atoms with van der Waals surface area (Å²) in [7, 11) is 0. The summed E-state index contributed by atoms with van der Waals surface area (Å²) >= 11 is 14.0. The van der Waals surface area contributed by atoms with Crippen LogP contribution in [0.3, 0.4) is 0 Å². The molecule has 0 aliphatic rings. The highest BCUT2D eigenvalue weighted by molar-refractivity contribution is 9.10. The first-order chi connectivity index (χ1) is 5.52. The van der Waals surface area contributed by atoms with E-state index in [1.807, 2.05) is 0 Å². The Labute approximate surface area is 86.4 Å². The maximum atomic E-state index is 10.6. The molecule has 1 aromatic heterocycles. The number of rotatable bonds is 1. The summed E-state index contributed by atoms with van der Waals surface area (Å²) in [6.45, 7) is 0. The second-order valence-corrected chi connectivity index (χ2v) is 3.50. The average Bonchev–Trinajstić information content (AvgIpc) is 1.82. The fourth-order valence-electron chi connectivity index (χ4n) is 0.648. The van der Waals surface area contributed by atoms with E-state index in [9.17, 15) is 4.79 Å². The van der Waals surface area contributed by atoms with E-state index in [0.29, 0.717) is 4.47 Å². The number of aromatic carboxylic acids is 1. The first kappa shape index (κ1) is 9.77. The maximum absolute atomic E-state index is 10.6. The zero-order valence-corrected chi connectivity index (χ0v) is 8.61. The minimum Gasteiger partial charge on any atom is -0.478 e. The molecule has 1 heterocycles. The zero-order valence-electron chi connectivity index (χ0n) is 5.51. The molecule has 0 aliphatic heterocycles. The SMILES string of the molecule is O=C(O)c1c(Br)cc(Cl)nc1Cl. The van der Waals surface area contributed by atoms with Crippen LogP contribution in [0.5, 0.6) is 0 Å². The predicted molar refractivity (Wildman–Crippen MR) is 48.9 cm³/mol. The van der Waals surface area contributed by atoms with Crippen molar-refractivity contribution in [2.75, 3.05) is 0 Å². The number of carboxylic acid groups (broad SMARTS) is 1. The molecule has 0 bridgehead atoms. The Bertz CT molecular complexity index is 319. The number of nitrogens with zero attached hydrogens (tertiary/aromatic N) is 1. The van der Waals surface area contributed by atoms with E-state index in [4.69, 9.17) is 28.3 Å². The second-order valence-electron chi connectivity index (χ2n) is 1.90. The number of carbonyl (C=O) groups is 1. The molecule has 64 valence electrons. The van der Waals surface area contributed by atoms with Gasteiger partial charge in [0.25, 0.3) is 0 Å². The largest absolute Gasteiger partial charge is 0.478 e. The lowest BCUT2D eigenvalue weighted by Crippen LogP contribution is -2.00. The molecule has 0 aromatic carbocycles. The third-order valence-corrected chi connectivity index (χ3v) is 2.20. The molecule has 0 radical (unpaired) electrons. The van der Waals surface area contributed by atoms with Gasteiger partial charge in [-0.1, -0.05) is 23.2 Å². The Balaban J connectivity index is 3.38. The van der Waals surface area contributed by atoms with Gasteiger partial charge in [-0.15, -0.1) is 0 Å². The quantitative estimate of drug-likeness (QED) is 0.799. The molecule has 0 saturated carbocycles. The molecule has 0 aliphatic carbocycles. The number of halogens is 3. The first-order valence-electron chi connectivity index (χ1n) is 2.77. The molecule has 0 fully saturated rings. The van der Waals surface area contributed by atoms with Crippen molar-refractivity contribution in [1.29, 1.82) is 0 Å². The minimum atomic E-state index is -1.14. The standard InChI is InChI=1S/C6H2BrCl2NO2/c7-2-1-3(8)10-5(9)4(2)6(11)12/h1H,(H,11,12). The Morgan fingerprint density at radius 1 is 1.58 bits per heavy atom. The van der Waals surface area contributed by atoms with E-state index >= 15 is 0 Å². The normalized spacial score (nSPS) is 9.92. The fraction of sp³-hybridized carbons (Fsp3) is 0. The van der Waals surface area contributed by atoms with Crippen LogP contribution in [0.4, 0.5) is 0 Å². The van der Waals surface area contributed by atoms with E-state index in [2.05, 4.69) is 20.9 Å². The topological polar surface area (TPSA) is 50.2 Å². The third-order valence-electron chi connectivity index (χ3n) is 1.11. The first-order valence-corrected chi connectivity index (χ1v) is 4.32. The molecule has 12 heavy (non-hydrogen) atoms. The van der Waals surface area contributed by atoms with Gasteiger partial charge in [0.15, 0.2) is 0 Å². The summed E-state index contributed by atoms with van der Waals surface area (Å²) in [5, 5.41) is 8.67. The number of carboxylic acids is 1. The van der Waals surface area contributed by atoms with Crippen LogP contribution in [0.2, 0.25) is 10.3 Å². The number of hydrogen-bond acceptors (Lipinski definition) is 2. The van der Waals surface area contributed by atoms with Crippen molar-refractivity contribution in [2.45, 2.75) is 0 Å². The van der Waals surface area contributed by atoms with Crippen LogP contribution < -0.4 is 0 Å². The summed E-state index contributed by atoms with van der Waals surface area (Å²) in [4.78, 5) is 14.1. The molecule has 0 saturated heterocycles. The molecular weight excluding hydrogens is 269 g/mol. The number of aromatic nitrogens is 1. The predicted octanol–water partition coefficient (Wildman–Crippen LogP) is 2.85. The van der Waals surface area contributed by atoms with Gasteiger partial charge < -0.3 is 5.11 Å². The van der Waals surface area contributed by atoms with Crippen molar-refractivity contribution < 1.29 is 9.90 Å². The summed E-state index contributed by atoms with van der Waals surface area (Å²) in [5.41, 5.74) is -0.0823. The van der Waals surface area contributed by atoms with Crippen LogP contribution in [0.25, 0.3) is 0 Å². The molecule has 0 unspecified atom stereocenters. The van der Waals surface area contributed by atoms with Crippen LogP contribution in [0, 0.1) is 0 Å². The molecule has 6 heteroatoms. The highest BCUT2D eigenvalue weighted by Gasteiger charge is 2.15. The Hall–Kier alpha value is -0.320. The van der Waals surface area contributed by atoms with Crippen LogP contribution in [-0.2, 0) is 0 Å².